The van der Waals surface area contributed by atoms with E-state index in [0.717, 1.165) is 11.6 Å². The first-order valence-electron chi connectivity index (χ1n) is 11.4. The van der Waals surface area contributed by atoms with Crippen molar-refractivity contribution in [3.8, 4) is 24.0 Å². The number of aromatic amines is 1. The van der Waals surface area contributed by atoms with Gasteiger partial charge in [-0.15, -0.1) is 16.2 Å². The first-order valence-corrected chi connectivity index (χ1v) is 11.4. The molecule has 1 unspecified atom stereocenters. The van der Waals surface area contributed by atoms with Crippen LogP contribution in [0.5, 0.6) is 5.75 Å². The van der Waals surface area contributed by atoms with Crippen molar-refractivity contribution in [2.75, 3.05) is 18.5 Å². The number of nitrogens with one attached hydrogen (secondary N) is 3. The molecule has 13 heteroatoms. The van der Waals surface area contributed by atoms with Crippen molar-refractivity contribution in [1.82, 2.24) is 24.7 Å². The number of nitrogens with two attached hydrogens (primary N) is 1. The minimum Gasteiger partial charge on any atom is -0.491 e. The number of H-pyrrole nitrogens is 1. The van der Waals surface area contributed by atoms with E-state index in [-0.39, 0.29) is 30.8 Å². The first-order chi connectivity index (χ1) is 18.7. The molecule has 4 aromatic rings. The number of benzene rings is 2. The Morgan fingerprint density at radius 2 is 1.92 bits per heavy atom. The molecule has 2 aromatic carbocycles. The van der Waals surface area contributed by atoms with Crippen molar-refractivity contribution in [3.05, 3.63) is 93.9 Å². The highest BCUT2D eigenvalue weighted by Crippen LogP contribution is 2.28. The summed E-state index contributed by atoms with van der Waals surface area (Å²) in [6, 6.07) is 13.1. The topological polar surface area (TPSA) is 205 Å². The number of aliphatic carboxylic acids is 1. The van der Waals surface area contributed by atoms with Gasteiger partial charge in [0.2, 0.25) is 0 Å². The molecular formula is C26H26N8O5. The molecule has 7 N–H and O–H groups in total. The minimum absolute atomic E-state index is 0.0496. The Balaban J connectivity index is 0.000000983. The Kier molecular flexibility index (Phi) is 9.49. The molecule has 0 aliphatic carbocycles. The molecular weight excluding hydrogens is 504 g/mol. The number of rotatable bonds is 9. The molecule has 0 amide bonds. The summed E-state index contributed by atoms with van der Waals surface area (Å²) >= 11 is 0. The second kappa shape index (κ2) is 13.2. The van der Waals surface area contributed by atoms with Crippen molar-refractivity contribution in [3.63, 3.8) is 0 Å². The zero-order valence-corrected chi connectivity index (χ0v) is 20.8. The lowest BCUT2D eigenvalue weighted by Crippen LogP contribution is -2.18. The fourth-order valence-corrected chi connectivity index (χ4v) is 3.35. The van der Waals surface area contributed by atoms with Gasteiger partial charge in [-0.25, -0.2) is 14.8 Å². The van der Waals surface area contributed by atoms with E-state index >= 15 is 0 Å². The highest BCUT2D eigenvalue weighted by atomic mass is 16.5. The number of aliphatic hydroxyl groups is 1. The average Bonchev–Trinajstić information content (AvgIpc) is 3.31. The zero-order chi connectivity index (χ0) is 28.4. The van der Waals surface area contributed by atoms with Gasteiger partial charge >= 0.3 is 5.69 Å². The molecule has 39 heavy (non-hydrogen) atoms. The first kappa shape index (κ1) is 28.1. The van der Waals surface area contributed by atoms with Crippen LogP contribution in [0.3, 0.4) is 0 Å². The molecule has 0 radical (unpaired) electrons. The van der Waals surface area contributed by atoms with E-state index in [0.29, 0.717) is 28.1 Å². The van der Waals surface area contributed by atoms with Gasteiger partial charge in [-0.05, 0) is 54.1 Å². The van der Waals surface area contributed by atoms with Crippen LogP contribution in [-0.2, 0) is 4.79 Å². The number of hydrogen-bond donors (Lipinski definition) is 6. The van der Waals surface area contributed by atoms with Crippen molar-refractivity contribution >= 4 is 17.5 Å². The van der Waals surface area contributed by atoms with E-state index in [4.69, 9.17) is 37.3 Å². The molecule has 0 saturated carbocycles. The number of aliphatic hydroxyl groups excluding tert-OH is 1. The average molecular weight is 531 g/mol. The fourth-order valence-electron chi connectivity index (χ4n) is 3.35. The molecule has 2 heterocycles. The third-order valence-electron chi connectivity index (χ3n) is 4.95. The van der Waals surface area contributed by atoms with Gasteiger partial charge in [0.25, 0.3) is 11.9 Å². The molecule has 0 aliphatic heterocycles. The van der Waals surface area contributed by atoms with Gasteiger partial charge in [0.15, 0.2) is 5.82 Å². The molecule has 13 nitrogen and oxygen atoms in total. The Bertz CT molecular complexity index is 1520. The van der Waals surface area contributed by atoms with Crippen LogP contribution in [0, 0.1) is 17.8 Å². The molecule has 2 aromatic heterocycles. The maximum atomic E-state index is 12.7. The van der Waals surface area contributed by atoms with Crippen LogP contribution in [0.25, 0.3) is 5.95 Å². The van der Waals surface area contributed by atoms with Crippen LogP contribution in [-0.4, -0.2) is 60.0 Å². The van der Waals surface area contributed by atoms with Gasteiger partial charge in [-0.1, -0.05) is 5.92 Å². The summed E-state index contributed by atoms with van der Waals surface area (Å²) in [4.78, 5) is 32.6. The Morgan fingerprint density at radius 3 is 2.51 bits per heavy atom. The predicted molar refractivity (Wildman–Crippen MR) is 143 cm³/mol. The van der Waals surface area contributed by atoms with E-state index in [1.807, 2.05) is 0 Å². The van der Waals surface area contributed by atoms with Gasteiger partial charge < -0.3 is 26.0 Å². The monoisotopic (exact) mass is 530 g/mol. The number of carboxylic acid groups (broad SMARTS) is 1. The second-order valence-electron chi connectivity index (χ2n) is 7.87. The summed E-state index contributed by atoms with van der Waals surface area (Å²) in [6.45, 7) is 1.02. The summed E-state index contributed by atoms with van der Waals surface area (Å²) in [5, 5.41) is 31.9. The molecule has 0 bridgehead atoms. The number of carbonyl (C=O) groups is 1. The summed E-state index contributed by atoms with van der Waals surface area (Å²) < 4.78 is 6.65. The SMILES string of the molecule is C#Cc1cc(OCCO)cc(C(Nc2ccc(C(=N)N)cc2)c2nn(-c3ncccn3)c(=O)[nH]2)c1.CC(=O)O. The number of nitrogen functional groups attached to an aromatic ring is 1. The van der Waals surface area contributed by atoms with Gasteiger partial charge in [0, 0.05) is 36.1 Å². The van der Waals surface area contributed by atoms with E-state index in [2.05, 4.69) is 31.3 Å². The van der Waals surface area contributed by atoms with Crippen LogP contribution in [0.15, 0.2) is 65.7 Å². The number of carboxylic acids is 1. The molecule has 0 fully saturated rings. The van der Waals surface area contributed by atoms with Crippen molar-refractivity contribution < 1.29 is 19.7 Å². The van der Waals surface area contributed by atoms with E-state index in [9.17, 15) is 4.79 Å². The molecule has 0 saturated heterocycles. The molecule has 0 spiro atoms. The van der Waals surface area contributed by atoms with Gasteiger partial charge in [-0.2, -0.15) is 0 Å². The third-order valence-corrected chi connectivity index (χ3v) is 4.95. The number of nitrogens with zero attached hydrogens (tertiary/aromatic N) is 4. The van der Waals surface area contributed by atoms with Crippen LogP contribution >= 0.6 is 0 Å². The fraction of sp³-hybridized carbons (Fsp3) is 0.154. The highest BCUT2D eigenvalue weighted by molar-refractivity contribution is 5.95. The second-order valence-corrected chi connectivity index (χ2v) is 7.87. The zero-order valence-electron chi connectivity index (χ0n) is 20.8. The van der Waals surface area contributed by atoms with Crippen LogP contribution in [0.2, 0.25) is 0 Å². The van der Waals surface area contributed by atoms with E-state index < -0.39 is 17.7 Å². The van der Waals surface area contributed by atoms with Crippen LogP contribution in [0.1, 0.15) is 35.5 Å². The highest BCUT2D eigenvalue weighted by Gasteiger charge is 2.22. The Morgan fingerprint density at radius 1 is 1.26 bits per heavy atom. The van der Waals surface area contributed by atoms with Crippen LogP contribution in [0.4, 0.5) is 5.69 Å². The lowest BCUT2D eigenvalue weighted by atomic mass is 10.0. The van der Waals surface area contributed by atoms with E-state index in [1.165, 1.54) is 12.4 Å². The lowest BCUT2D eigenvalue weighted by Gasteiger charge is -2.20. The number of amidine groups is 1. The lowest BCUT2D eigenvalue weighted by molar-refractivity contribution is -0.134. The van der Waals surface area contributed by atoms with E-state index in [1.54, 1.807) is 48.5 Å². The largest absolute Gasteiger partial charge is 0.491 e. The smallest absolute Gasteiger partial charge is 0.350 e. The Labute approximate surface area is 222 Å². The molecule has 4 rings (SSSR count). The standard InChI is InChI=1S/C24H22N8O3.C2H4O2/c1-2-15-12-17(14-19(13-15)35-11-10-33)20(29-18-6-4-16(5-7-18)21(25)26)22-30-24(34)32(31-22)23-27-8-3-9-28-23;1-2(3)4/h1,3-9,12-14,20,29,33H,10-11H2,(H3,25,26)(H,30,31,34);1H3,(H,3,4). The number of terminal acetylenes is 1. The summed E-state index contributed by atoms with van der Waals surface area (Å²) in [7, 11) is 0. The maximum Gasteiger partial charge on any atom is 0.350 e. The predicted octanol–water partition coefficient (Wildman–Crippen LogP) is 1.28. The van der Waals surface area contributed by atoms with Crippen LogP contribution < -0.4 is 21.5 Å². The number of aromatic nitrogens is 5. The summed E-state index contributed by atoms with van der Waals surface area (Å²) in [5.74, 6) is 2.56. The molecule has 200 valence electrons. The quantitative estimate of drug-likeness (QED) is 0.104. The number of hydrogen-bond acceptors (Lipinski definition) is 9. The van der Waals surface area contributed by atoms with Gasteiger partial charge in [0.1, 0.15) is 24.2 Å². The summed E-state index contributed by atoms with van der Waals surface area (Å²) in [6.07, 6.45) is 8.68. The van der Waals surface area contributed by atoms with Crippen molar-refractivity contribution in [2.24, 2.45) is 5.73 Å². The third kappa shape index (κ3) is 7.75. The number of ether oxygens (including phenoxy) is 1. The molecule has 1 atom stereocenters. The van der Waals surface area contributed by atoms with Crippen molar-refractivity contribution in [2.45, 2.75) is 13.0 Å². The normalized spacial score (nSPS) is 10.9. The molecule has 0 aliphatic rings. The van der Waals surface area contributed by atoms with Gasteiger partial charge in [0.05, 0.1) is 6.61 Å². The minimum atomic E-state index is -0.833. The van der Waals surface area contributed by atoms with Crippen molar-refractivity contribution in [1.29, 1.82) is 5.41 Å². The summed E-state index contributed by atoms with van der Waals surface area (Å²) in [5.41, 5.74) is 7.48. The Hall–Kier alpha value is -5.48. The number of anilines is 1. The van der Waals surface area contributed by atoms with Gasteiger partial charge in [-0.3, -0.25) is 15.2 Å². The maximum absolute atomic E-state index is 12.7.